The van der Waals surface area contributed by atoms with Crippen LogP contribution in [-0.2, 0) is 17.5 Å². The van der Waals surface area contributed by atoms with Crippen molar-refractivity contribution in [2.45, 2.75) is 44.3 Å². The fourth-order valence-electron chi connectivity index (χ4n) is 3.84. The number of hydrogen-bond donors (Lipinski definition) is 1. The topological polar surface area (TPSA) is 68.9 Å². The van der Waals surface area contributed by atoms with Crippen molar-refractivity contribution in [3.8, 4) is 5.69 Å². The number of nitrogens with one attached hydrogen (secondary N) is 1. The zero-order chi connectivity index (χ0) is 22.0. The predicted molar refractivity (Wildman–Crippen MR) is 109 cm³/mol. The average molecular weight is 430 g/mol. The number of aromatic nitrogens is 3. The van der Waals surface area contributed by atoms with E-state index in [9.17, 15) is 22.8 Å². The molecule has 2 heterocycles. The average Bonchev–Trinajstić information content (AvgIpc) is 3.39. The van der Waals surface area contributed by atoms with E-state index in [1.807, 2.05) is 30.3 Å². The van der Waals surface area contributed by atoms with Gasteiger partial charge in [-0.05, 0) is 31.0 Å². The smallest absolute Gasteiger partial charge is 0.309 e. The molecule has 0 spiro atoms. The zero-order valence-electron chi connectivity index (χ0n) is 16.6. The van der Waals surface area contributed by atoms with Crippen LogP contribution in [0.5, 0.6) is 0 Å². The fourth-order valence-corrected chi connectivity index (χ4v) is 3.84. The molecule has 1 N–H and O–H groups in total. The first-order valence-corrected chi connectivity index (χ1v) is 10.0. The summed E-state index contributed by atoms with van der Waals surface area (Å²) in [7, 11) is 0. The van der Waals surface area contributed by atoms with E-state index >= 15 is 0 Å². The summed E-state index contributed by atoms with van der Waals surface area (Å²) in [5, 5.41) is 7.38. The van der Waals surface area contributed by atoms with Gasteiger partial charge in [-0.15, -0.1) is 0 Å². The van der Waals surface area contributed by atoms with E-state index in [-0.39, 0.29) is 0 Å². The summed E-state index contributed by atoms with van der Waals surface area (Å²) in [5.41, 5.74) is -0.0599. The normalized spacial score (nSPS) is 14.7. The molecule has 3 aromatic rings. The summed E-state index contributed by atoms with van der Waals surface area (Å²) in [6.07, 6.45) is 0.359. The SMILES string of the molecule is O=C(Cn1cc(C(F)(F)F)ccc1=O)Nc1cc(C2CCCC2)nn1-c1ccccc1. The minimum atomic E-state index is -4.60. The quantitative estimate of drug-likeness (QED) is 0.654. The van der Waals surface area contributed by atoms with Gasteiger partial charge in [-0.25, -0.2) is 4.68 Å². The molecule has 1 amide bonds. The van der Waals surface area contributed by atoms with Gasteiger partial charge in [0.1, 0.15) is 12.4 Å². The molecule has 1 aromatic carbocycles. The summed E-state index contributed by atoms with van der Waals surface area (Å²) < 4.78 is 41.2. The molecule has 0 aliphatic heterocycles. The molecule has 6 nitrogen and oxygen atoms in total. The first-order chi connectivity index (χ1) is 14.8. The molecule has 1 aliphatic rings. The van der Waals surface area contributed by atoms with Crippen molar-refractivity contribution in [3.63, 3.8) is 0 Å². The number of carbonyl (C=O) groups excluding carboxylic acids is 1. The van der Waals surface area contributed by atoms with E-state index in [0.29, 0.717) is 24.0 Å². The Hall–Kier alpha value is -3.36. The number of hydrogen-bond acceptors (Lipinski definition) is 3. The molecule has 4 rings (SSSR count). The molecule has 0 atom stereocenters. The number of benzene rings is 1. The second kappa shape index (κ2) is 8.41. The van der Waals surface area contributed by atoms with Crippen LogP contribution in [0.25, 0.3) is 5.69 Å². The Kier molecular flexibility index (Phi) is 5.67. The summed E-state index contributed by atoms with van der Waals surface area (Å²) in [4.78, 5) is 24.6. The summed E-state index contributed by atoms with van der Waals surface area (Å²) in [6, 6.07) is 12.6. The number of pyridine rings is 1. The van der Waals surface area contributed by atoms with Crippen molar-refractivity contribution < 1.29 is 18.0 Å². The highest BCUT2D eigenvalue weighted by molar-refractivity contribution is 5.90. The molecular weight excluding hydrogens is 409 g/mol. The molecule has 31 heavy (non-hydrogen) atoms. The van der Waals surface area contributed by atoms with Crippen molar-refractivity contribution in [1.29, 1.82) is 0 Å². The number of alkyl halides is 3. The largest absolute Gasteiger partial charge is 0.417 e. The number of para-hydroxylation sites is 1. The van der Waals surface area contributed by atoms with Crippen molar-refractivity contribution in [1.82, 2.24) is 14.3 Å². The van der Waals surface area contributed by atoms with Gasteiger partial charge < -0.3 is 9.88 Å². The lowest BCUT2D eigenvalue weighted by Crippen LogP contribution is -2.28. The Morgan fingerprint density at radius 3 is 2.48 bits per heavy atom. The highest BCUT2D eigenvalue weighted by Gasteiger charge is 2.31. The molecule has 9 heteroatoms. The monoisotopic (exact) mass is 430 g/mol. The molecule has 1 aliphatic carbocycles. The zero-order valence-corrected chi connectivity index (χ0v) is 16.6. The van der Waals surface area contributed by atoms with Crippen LogP contribution < -0.4 is 10.9 Å². The van der Waals surface area contributed by atoms with Crippen LogP contribution in [0.15, 0.2) is 59.5 Å². The predicted octanol–water partition coefficient (Wildman–Crippen LogP) is 4.35. The van der Waals surface area contributed by atoms with Crippen molar-refractivity contribution in [2.24, 2.45) is 0 Å². The highest BCUT2D eigenvalue weighted by Crippen LogP contribution is 2.35. The van der Waals surface area contributed by atoms with Crippen LogP contribution in [-0.4, -0.2) is 20.3 Å². The number of amides is 1. The number of anilines is 1. The summed E-state index contributed by atoms with van der Waals surface area (Å²) in [5.74, 6) is 0.112. The van der Waals surface area contributed by atoms with E-state index in [1.165, 1.54) is 0 Å². The molecule has 0 saturated heterocycles. The lowest BCUT2D eigenvalue weighted by Gasteiger charge is -2.12. The number of halogens is 3. The first kappa shape index (κ1) is 20.9. The van der Waals surface area contributed by atoms with Crippen LogP contribution >= 0.6 is 0 Å². The van der Waals surface area contributed by atoms with Crippen molar-refractivity contribution >= 4 is 11.7 Å². The van der Waals surface area contributed by atoms with Crippen LogP contribution in [0.1, 0.15) is 42.9 Å². The van der Waals surface area contributed by atoms with Gasteiger partial charge in [-0.1, -0.05) is 31.0 Å². The Morgan fingerprint density at radius 1 is 1.10 bits per heavy atom. The third-order valence-electron chi connectivity index (χ3n) is 5.39. The van der Waals surface area contributed by atoms with Crippen molar-refractivity contribution in [3.05, 3.63) is 76.3 Å². The third-order valence-corrected chi connectivity index (χ3v) is 5.39. The molecule has 2 aromatic heterocycles. The summed E-state index contributed by atoms with van der Waals surface area (Å²) in [6.45, 7) is -0.540. The second-order valence-electron chi connectivity index (χ2n) is 7.61. The van der Waals surface area contributed by atoms with Crippen LogP contribution in [0.2, 0.25) is 0 Å². The van der Waals surface area contributed by atoms with Gasteiger partial charge in [0.2, 0.25) is 5.91 Å². The standard InChI is InChI=1S/C22H21F3N4O2/c23-22(24,25)16-10-11-21(31)28(13-16)14-20(30)26-19-12-18(15-6-4-5-7-15)27-29(19)17-8-2-1-3-9-17/h1-3,8-13,15H,4-7,14H2,(H,26,30). The van der Waals surface area contributed by atoms with Gasteiger partial charge in [0, 0.05) is 24.2 Å². The lowest BCUT2D eigenvalue weighted by molar-refractivity contribution is -0.138. The van der Waals surface area contributed by atoms with Crippen LogP contribution in [0, 0.1) is 0 Å². The molecule has 1 saturated carbocycles. The van der Waals surface area contributed by atoms with Gasteiger partial charge in [0.05, 0.1) is 16.9 Å². The molecule has 0 unspecified atom stereocenters. The first-order valence-electron chi connectivity index (χ1n) is 10.0. The molecule has 162 valence electrons. The van der Waals surface area contributed by atoms with E-state index in [1.54, 1.807) is 10.7 Å². The van der Waals surface area contributed by atoms with Gasteiger partial charge >= 0.3 is 6.18 Å². The fraction of sp³-hybridized carbons (Fsp3) is 0.318. The molecule has 0 radical (unpaired) electrons. The Labute approximate surface area is 176 Å². The van der Waals surface area contributed by atoms with Gasteiger partial charge in [0.25, 0.3) is 5.56 Å². The van der Waals surface area contributed by atoms with E-state index in [2.05, 4.69) is 10.4 Å². The van der Waals surface area contributed by atoms with Gasteiger partial charge in [0.15, 0.2) is 0 Å². The maximum Gasteiger partial charge on any atom is 0.417 e. The van der Waals surface area contributed by atoms with Gasteiger partial charge in [-0.3, -0.25) is 9.59 Å². The third kappa shape index (κ3) is 4.70. The van der Waals surface area contributed by atoms with Crippen LogP contribution in [0.4, 0.5) is 19.0 Å². The van der Waals surface area contributed by atoms with Crippen LogP contribution in [0.3, 0.4) is 0 Å². The molecule has 1 fully saturated rings. The molecule has 0 bridgehead atoms. The second-order valence-corrected chi connectivity index (χ2v) is 7.61. The number of rotatable bonds is 5. The Bertz CT molecular complexity index is 1130. The van der Waals surface area contributed by atoms with E-state index < -0.39 is 29.8 Å². The number of carbonyl (C=O) groups is 1. The van der Waals surface area contributed by atoms with Crippen molar-refractivity contribution in [2.75, 3.05) is 5.32 Å². The maximum absolute atomic E-state index is 12.9. The van der Waals surface area contributed by atoms with E-state index in [4.69, 9.17) is 0 Å². The highest BCUT2D eigenvalue weighted by atomic mass is 19.4. The maximum atomic E-state index is 12.9. The van der Waals surface area contributed by atoms with E-state index in [0.717, 1.165) is 47.7 Å². The number of nitrogens with zero attached hydrogens (tertiary/aromatic N) is 3. The minimum Gasteiger partial charge on any atom is -0.309 e. The Balaban J connectivity index is 1.60. The lowest BCUT2D eigenvalue weighted by atomic mass is 10.0. The minimum absolute atomic E-state index is 0.312. The Morgan fingerprint density at radius 2 is 1.81 bits per heavy atom. The summed E-state index contributed by atoms with van der Waals surface area (Å²) >= 11 is 0. The molecular formula is C22H21F3N4O2. The van der Waals surface area contributed by atoms with Gasteiger partial charge in [-0.2, -0.15) is 18.3 Å².